The van der Waals surface area contributed by atoms with Gasteiger partial charge in [0.25, 0.3) is 11.8 Å². The minimum absolute atomic E-state index is 0.147. The van der Waals surface area contributed by atoms with Gasteiger partial charge in [-0.2, -0.15) is 0 Å². The van der Waals surface area contributed by atoms with Crippen molar-refractivity contribution in [3.05, 3.63) is 60.4 Å². The summed E-state index contributed by atoms with van der Waals surface area (Å²) in [6.45, 7) is 2.11. The predicted octanol–water partition coefficient (Wildman–Crippen LogP) is 1.57. The van der Waals surface area contributed by atoms with E-state index < -0.39 is 11.9 Å². The molecule has 2 heterocycles. The van der Waals surface area contributed by atoms with E-state index in [0.717, 1.165) is 0 Å². The molecule has 1 aliphatic heterocycles. The molecule has 2 N–H and O–H groups in total. The summed E-state index contributed by atoms with van der Waals surface area (Å²) >= 11 is 5.33. The molecule has 144 valence electrons. The average Bonchev–Trinajstić information content (AvgIpc) is 2.92. The number of likely N-dealkylation sites (N-methyl/N-ethyl adjacent to an activating group) is 1. The number of nitrogens with one attached hydrogen (secondary N) is 2. The van der Waals surface area contributed by atoms with Crippen LogP contribution in [0.4, 0.5) is 5.69 Å². The first-order valence-electron chi connectivity index (χ1n) is 8.72. The van der Waals surface area contributed by atoms with E-state index >= 15 is 0 Å². The Morgan fingerprint density at radius 2 is 1.86 bits per heavy atom. The Hall–Kier alpha value is -3.33. The van der Waals surface area contributed by atoms with Gasteiger partial charge in [0.05, 0.1) is 6.42 Å². The maximum absolute atomic E-state index is 12.7. The van der Waals surface area contributed by atoms with Crippen molar-refractivity contribution in [2.45, 2.75) is 19.4 Å². The number of nitrogens with zero attached hydrogens (tertiary/aromatic N) is 3. The molecule has 1 aromatic heterocycles. The molecule has 0 spiro atoms. The van der Waals surface area contributed by atoms with Crippen molar-refractivity contribution in [1.82, 2.24) is 20.3 Å². The number of rotatable bonds is 6. The van der Waals surface area contributed by atoms with Gasteiger partial charge < -0.3 is 5.32 Å². The van der Waals surface area contributed by atoms with Crippen LogP contribution in [0.1, 0.15) is 23.8 Å². The fraction of sp³-hybridized carbons (Fsp3) is 0.211. The van der Waals surface area contributed by atoms with Crippen molar-refractivity contribution >= 4 is 40.7 Å². The van der Waals surface area contributed by atoms with Gasteiger partial charge in [0.1, 0.15) is 11.7 Å². The van der Waals surface area contributed by atoms with Crippen LogP contribution in [0.15, 0.2) is 54.7 Å². The number of amides is 3. The Labute approximate surface area is 167 Å². The highest BCUT2D eigenvalue weighted by Crippen LogP contribution is 2.20. The summed E-state index contributed by atoms with van der Waals surface area (Å²) < 4.78 is 0. The third-order valence-corrected chi connectivity index (χ3v) is 4.59. The summed E-state index contributed by atoms with van der Waals surface area (Å²) in [6.07, 6.45) is 1.33. The van der Waals surface area contributed by atoms with E-state index in [4.69, 9.17) is 12.2 Å². The number of aromatic nitrogens is 1. The molecule has 1 aromatic carbocycles. The average molecular weight is 397 g/mol. The first-order chi connectivity index (χ1) is 13.5. The van der Waals surface area contributed by atoms with Crippen LogP contribution in [0.5, 0.6) is 0 Å². The highest BCUT2D eigenvalue weighted by molar-refractivity contribution is 7.80. The molecule has 0 radical (unpaired) electrons. The molecule has 0 bridgehead atoms. The number of hydrogen-bond donors (Lipinski definition) is 2. The van der Waals surface area contributed by atoms with Gasteiger partial charge in [0.2, 0.25) is 5.91 Å². The van der Waals surface area contributed by atoms with Gasteiger partial charge in [-0.1, -0.05) is 24.3 Å². The van der Waals surface area contributed by atoms with Crippen LogP contribution in [-0.2, 0) is 9.59 Å². The van der Waals surface area contributed by atoms with Gasteiger partial charge in [0, 0.05) is 18.4 Å². The Bertz CT molecular complexity index is 891. The summed E-state index contributed by atoms with van der Waals surface area (Å²) in [5.41, 5.74) is 3.41. The largest absolute Gasteiger partial charge is 0.326 e. The molecule has 3 rings (SSSR count). The van der Waals surface area contributed by atoms with Crippen LogP contribution in [0.25, 0.3) is 0 Å². The van der Waals surface area contributed by atoms with Gasteiger partial charge in [0.15, 0.2) is 5.11 Å². The maximum Gasteiger partial charge on any atom is 0.288 e. The lowest BCUT2D eigenvalue weighted by molar-refractivity contribution is -0.130. The zero-order chi connectivity index (χ0) is 20.1. The standard InChI is InChI=1S/C19H19N5O3S/c1-2-23-18(27)15(12-16(25)21-13-8-4-3-5-9-13)24(19(23)28)22-17(26)14-10-6-7-11-20-14/h3-11,15H,2,12H2,1H3,(H,21,25)(H,22,26). The third kappa shape index (κ3) is 4.15. The van der Waals surface area contributed by atoms with Gasteiger partial charge in [-0.3, -0.25) is 29.7 Å². The highest BCUT2D eigenvalue weighted by Gasteiger charge is 2.44. The van der Waals surface area contributed by atoms with Crippen LogP contribution in [0.2, 0.25) is 0 Å². The summed E-state index contributed by atoms with van der Waals surface area (Å²) in [7, 11) is 0. The molecule has 0 aliphatic carbocycles. The van der Waals surface area contributed by atoms with Crippen molar-refractivity contribution in [3.8, 4) is 0 Å². The van der Waals surface area contributed by atoms with E-state index in [0.29, 0.717) is 12.2 Å². The van der Waals surface area contributed by atoms with Crippen molar-refractivity contribution in [1.29, 1.82) is 0 Å². The predicted molar refractivity (Wildman–Crippen MR) is 107 cm³/mol. The molecular weight excluding hydrogens is 378 g/mol. The first kappa shape index (κ1) is 19.4. The van der Waals surface area contributed by atoms with Crippen LogP contribution in [0, 0.1) is 0 Å². The molecule has 1 unspecified atom stereocenters. The number of benzene rings is 1. The fourth-order valence-electron chi connectivity index (χ4n) is 2.82. The Balaban J connectivity index is 1.75. The summed E-state index contributed by atoms with van der Waals surface area (Å²) in [5.74, 6) is -1.21. The van der Waals surface area contributed by atoms with Crippen LogP contribution >= 0.6 is 12.2 Å². The van der Waals surface area contributed by atoms with Crippen LogP contribution in [0.3, 0.4) is 0 Å². The highest BCUT2D eigenvalue weighted by atomic mass is 32.1. The normalized spacial score (nSPS) is 16.2. The lowest BCUT2D eigenvalue weighted by atomic mass is 10.2. The number of para-hydroxylation sites is 1. The van der Waals surface area contributed by atoms with E-state index in [-0.39, 0.29) is 29.0 Å². The number of pyridine rings is 1. The zero-order valence-corrected chi connectivity index (χ0v) is 16.0. The second-order valence-electron chi connectivity index (χ2n) is 6.03. The SMILES string of the molecule is CCN1C(=O)C(CC(=O)Nc2ccccc2)N(NC(=O)c2ccccn2)C1=S. The minimum Gasteiger partial charge on any atom is -0.326 e. The second kappa shape index (κ2) is 8.57. The van der Waals surface area contributed by atoms with E-state index in [2.05, 4.69) is 15.7 Å². The van der Waals surface area contributed by atoms with Crippen molar-refractivity contribution in [3.63, 3.8) is 0 Å². The smallest absolute Gasteiger partial charge is 0.288 e. The Morgan fingerprint density at radius 3 is 2.50 bits per heavy atom. The molecule has 9 heteroatoms. The summed E-state index contributed by atoms with van der Waals surface area (Å²) in [6, 6.07) is 12.9. The van der Waals surface area contributed by atoms with Crippen LogP contribution < -0.4 is 10.7 Å². The number of carbonyl (C=O) groups excluding carboxylic acids is 3. The Morgan fingerprint density at radius 1 is 1.14 bits per heavy atom. The molecule has 2 aromatic rings. The minimum atomic E-state index is -0.927. The third-order valence-electron chi connectivity index (χ3n) is 4.17. The van der Waals surface area contributed by atoms with E-state index in [1.807, 2.05) is 6.07 Å². The lowest BCUT2D eigenvalue weighted by Gasteiger charge is -2.24. The quantitative estimate of drug-likeness (QED) is 0.719. The van der Waals surface area contributed by atoms with Gasteiger partial charge >= 0.3 is 0 Å². The Kier molecular flexibility index (Phi) is 5.95. The van der Waals surface area contributed by atoms with E-state index in [1.165, 1.54) is 16.1 Å². The lowest BCUT2D eigenvalue weighted by Crippen LogP contribution is -2.49. The molecule has 1 atom stereocenters. The topological polar surface area (TPSA) is 94.6 Å². The second-order valence-corrected chi connectivity index (χ2v) is 6.39. The first-order valence-corrected chi connectivity index (χ1v) is 9.13. The number of hydrogen-bond acceptors (Lipinski definition) is 5. The monoisotopic (exact) mass is 397 g/mol. The number of anilines is 1. The number of hydrazine groups is 1. The number of carbonyl (C=O) groups is 3. The summed E-state index contributed by atoms with van der Waals surface area (Å²) in [4.78, 5) is 43.0. The molecule has 8 nitrogen and oxygen atoms in total. The molecular formula is C19H19N5O3S. The molecule has 1 fully saturated rings. The zero-order valence-electron chi connectivity index (χ0n) is 15.2. The fourth-order valence-corrected chi connectivity index (χ4v) is 3.21. The van der Waals surface area contributed by atoms with E-state index in [1.54, 1.807) is 49.4 Å². The number of thiocarbonyl (C=S) groups is 1. The van der Waals surface area contributed by atoms with Gasteiger partial charge in [-0.05, 0) is 43.4 Å². The van der Waals surface area contributed by atoms with Gasteiger partial charge in [-0.15, -0.1) is 0 Å². The van der Waals surface area contributed by atoms with Crippen LogP contribution in [-0.4, -0.2) is 50.3 Å². The van der Waals surface area contributed by atoms with Crippen molar-refractivity contribution in [2.24, 2.45) is 0 Å². The molecule has 1 aliphatic rings. The maximum atomic E-state index is 12.7. The van der Waals surface area contributed by atoms with Gasteiger partial charge in [-0.25, -0.2) is 5.01 Å². The molecule has 3 amide bonds. The van der Waals surface area contributed by atoms with E-state index in [9.17, 15) is 14.4 Å². The van der Waals surface area contributed by atoms with Crippen molar-refractivity contribution in [2.75, 3.05) is 11.9 Å². The molecule has 1 saturated heterocycles. The molecule has 28 heavy (non-hydrogen) atoms. The summed E-state index contributed by atoms with van der Waals surface area (Å²) in [5, 5.41) is 4.15. The molecule has 0 saturated carbocycles. The van der Waals surface area contributed by atoms with Crippen molar-refractivity contribution < 1.29 is 14.4 Å².